The van der Waals surface area contributed by atoms with Crippen LogP contribution in [0.5, 0.6) is 0 Å². The van der Waals surface area contributed by atoms with Gasteiger partial charge in [0.2, 0.25) is 0 Å². The predicted molar refractivity (Wildman–Crippen MR) is 111 cm³/mol. The first-order valence-corrected chi connectivity index (χ1v) is 11.0. The van der Waals surface area contributed by atoms with Crippen LogP contribution in [-0.2, 0) is 0 Å². The van der Waals surface area contributed by atoms with Crippen molar-refractivity contribution in [3.05, 3.63) is 24.6 Å². The van der Waals surface area contributed by atoms with Crippen LogP contribution in [0.3, 0.4) is 0 Å². The lowest BCUT2D eigenvalue weighted by Crippen LogP contribution is -2.61. The summed E-state index contributed by atoms with van der Waals surface area (Å²) in [6.45, 7) is 17.2. The van der Waals surface area contributed by atoms with Gasteiger partial charge in [0, 0.05) is 17.9 Å². The largest absolute Gasteiger partial charge is 0.379 e. The normalized spacial score (nSPS) is 24.4. The molecule has 144 valence electrons. The SMILES string of the molecule is C=C1C(CC2CCCCC2)NC(=C)C(CCC)(CCC)N1CCCC. The molecule has 0 amide bonds. The molecule has 2 fully saturated rings. The third-order valence-corrected chi connectivity index (χ3v) is 6.53. The van der Waals surface area contributed by atoms with Gasteiger partial charge in [-0.2, -0.15) is 0 Å². The highest BCUT2D eigenvalue weighted by molar-refractivity contribution is 5.29. The minimum absolute atomic E-state index is 0.0822. The third-order valence-electron chi connectivity index (χ3n) is 6.53. The lowest BCUT2D eigenvalue weighted by Gasteiger charge is -2.55. The Balaban J connectivity index is 2.20. The van der Waals surface area contributed by atoms with Gasteiger partial charge in [0.1, 0.15) is 0 Å². The van der Waals surface area contributed by atoms with Gasteiger partial charge in [-0.15, -0.1) is 0 Å². The predicted octanol–water partition coefficient (Wildman–Crippen LogP) is 6.40. The Bertz CT molecular complexity index is 427. The molecule has 2 aliphatic rings. The van der Waals surface area contributed by atoms with Crippen LogP contribution in [0.1, 0.15) is 97.8 Å². The molecule has 2 rings (SSSR count). The molecule has 0 aromatic heterocycles. The summed E-state index contributed by atoms with van der Waals surface area (Å²) >= 11 is 0. The fourth-order valence-corrected chi connectivity index (χ4v) is 5.20. The van der Waals surface area contributed by atoms with E-state index in [2.05, 4.69) is 44.1 Å². The summed E-state index contributed by atoms with van der Waals surface area (Å²) in [5.41, 5.74) is 2.69. The van der Waals surface area contributed by atoms with Gasteiger partial charge < -0.3 is 10.2 Å². The zero-order chi connectivity index (χ0) is 18.3. The molecule has 0 spiro atoms. The van der Waals surface area contributed by atoms with E-state index in [1.54, 1.807) is 0 Å². The fourth-order valence-electron chi connectivity index (χ4n) is 5.20. The summed E-state index contributed by atoms with van der Waals surface area (Å²) < 4.78 is 0. The first kappa shape index (κ1) is 20.4. The van der Waals surface area contributed by atoms with Crippen LogP contribution >= 0.6 is 0 Å². The second kappa shape index (κ2) is 9.69. The average molecular weight is 347 g/mol. The van der Waals surface area contributed by atoms with Crippen molar-refractivity contribution in [1.29, 1.82) is 0 Å². The van der Waals surface area contributed by atoms with E-state index in [4.69, 9.17) is 0 Å². The Labute approximate surface area is 157 Å². The van der Waals surface area contributed by atoms with Gasteiger partial charge in [-0.05, 0) is 31.6 Å². The molecule has 0 radical (unpaired) electrons. The van der Waals surface area contributed by atoms with E-state index in [0.29, 0.717) is 6.04 Å². The minimum Gasteiger partial charge on any atom is -0.379 e. The Hall–Kier alpha value is -0.920. The Morgan fingerprint density at radius 1 is 1.00 bits per heavy atom. The van der Waals surface area contributed by atoms with Crippen molar-refractivity contribution in [1.82, 2.24) is 10.2 Å². The van der Waals surface area contributed by atoms with Gasteiger partial charge in [-0.3, -0.25) is 0 Å². The second-order valence-corrected chi connectivity index (χ2v) is 8.44. The Kier molecular flexibility index (Phi) is 7.90. The first-order chi connectivity index (χ1) is 12.1. The molecule has 1 heterocycles. The molecule has 2 nitrogen and oxygen atoms in total. The third kappa shape index (κ3) is 4.63. The van der Waals surface area contributed by atoms with Gasteiger partial charge in [-0.1, -0.05) is 85.3 Å². The van der Waals surface area contributed by atoms with Crippen molar-refractivity contribution < 1.29 is 0 Å². The molecule has 1 unspecified atom stereocenters. The number of hydrogen-bond acceptors (Lipinski definition) is 2. The number of nitrogens with zero attached hydrogens (tertiary/aromatic N) is 1. The van der Waals surface area contributed by atoms with Gasteiger partial charge >= 0.3 is 0 Å². The molecule has 1 saturated carbocycles. The lowest BCUT2D eigenvalue weighted by molar-refractivity contribution is 0.0893. The summed E-state index contributed by atoms with van der Waals surface area (Å²) in [4.78, 5) is 2.68. The summed E-state index contributed by atoms with van der Waals surface area (Å²) in [5.74, 6) is 0.869. The summed E-state index contributed by atoms with van der Waals surface area (Å²) in [5, 5.41) is 3.84. The molecule has 0 aromatic rings. The van der Waals surface area contributed by atoms with Crippen LogP contribution in [0, 0.1) is 5.92 Å². The molecule has 1 N–H and O–H groups in total. The monoisotopic (exact) mass is 346 g/mol. The smallest absolute Gasteiger partial charge is 0.0789 e. The van der Waals surface area contributed by atoms with Crippen LogP contribution in [0.4, 0.5) is 0 Å². The van der Waals surface area contributed by atoms with Crippen molar-refractivity contribution in [3.8, 4) is 0 Å². The number of piperazine rings is 1. The summed E-state index contributed by atoms with van der Waals surface area (Å²) in [6.07, 6.45) is 15.6. The van der Waals surface area contributed by atoms with E-state index in [1.165, 1.54) is 88.4 Å². The van der Waals surface area contributed by atoms with E-state index in [0.717, 1.165) is 12.5 Å². The summed E-state index contributed by atoms with van der Waals surface area (Å²) in [7, 11) is 0. The minimum atomic E-state index is 0.0822. The number of nitrogens with one attached hydrogen (secondary N) is 1. The summed E-state index contributed by atoms with van der Waals surface area (Å²) in [6, 6.07) is 0.397. The van der Waals surface area contributed by atoms with Gasteiger partial charge in [0.25, 0.3) is 0 Å². The zero-order valence-corrected chi connectivity index (χ0v) is 17.2. The van der Waals surface area contributed by atoms with Crippen LogP contribution in [0.25, 0.3) is 0 Å². The van der Waals surface area contributed by atoms with Crippen LogP contribution in [-0.4, -0.2) is 23.0 Å². The van der Waals surface area contributed by atoms with Gasteiger partial charge in [-0.25, -0.2) is 0 Å². The molecule has 0 bridgehead atoms. The van der Waals surface area contributed by atoms with Crippen LogP contribution in [0.15, 0.2) is 24.6 Å². The highest BCUT2D eigenvalue weighted by Crippen LogP contribution is 2.42. The quantitative estimate of drug-likeness (QED) is 0.520. The highest BCUT2D eigenvalue weighted by Gasteiger charge is 2.44. The number of hydrogen-bond donors (Lipinski definition) is 1. The molecular formula is C23H42N2. The van der Waals surface area contributed by atoms with Crippen LogP contribution in [0.2, 0.25) is 0 Å². The molecular weight excluding hydrogens is 304 g/mol. The molecule has 1 aliphatic heterocycles. The van der Waals surface area contributed by atoms with E-state index in [1.807, 2.05) is 0 Å². The molecule has 2 heteroatoms. The van der Waals surface area contributed by atoms with Crippen molar-refractivity contribution in [2.24, 2.45) is 5.92 Å². The highest BCUT2D eigenvalue weighted by atomic mass is 15.3. The van der Waals surface area contributed by atoms with Crippen LogP contribution < -0.4 is 5.32 Å². The molecule has 1 aliphatic carbocycles. The Morgan fingerprint density at radius 2 is 1.64 bits per heavy atom. The maximum atomic E-state index is 4.61. The van der Waals surface area contributed by atoms with E-state index >= 15 is 0 Å². The Morgan fingerprint density at radius 3 is 2.20 bits per heavy atom. The average Bonchev–Trinajstić information content (AvgIpc) is 2.61. The maximum Gasteiger partial charge on any atom is 0.0789 e. The van der Waals surface area contributed by atoms with Gasteiger partial charge in [0.15, 0.2) is 0 Å². The van der Waals surface area contributed by atoms with E-state index < -0.39 is 0 Å². The molecule has 1 atom stereocenters. The zero-order valence-electron chi connectivity index (χ0n) is 17.2. The number of rotatable bonds is 9. The maximum absolute atomic E-state index is 4.61. The van der Waals surface area contributed by atoms with Crippen molar-refractivity contribution >= 4 is 0 Å². The van der Waals surface area contributed by atoms with Gasteiger partial charge in [0.05, 0.1) is 11.6 Å². The molecule has 1 saturated heterocycles. The first-order valence-electron chi connectivity index (χ1n) is 11.0. The van der Waals surface area contributed by atoms with E-state index in [-0.39, 0.29) is 5.54 Å². The topological polar surface area (TPSA) is 15.3 Å². The number of unbranched alkanes of at least 4 members (excludes halogenated alkanes) is 1. The van der Waals surface area contributed by atoms with E-state index in [9.17, 15) is 0 Å². The van der Waals surface area contributed by atoms with Crippen molar-refractivity contribution in [2.75, 3.05) is 6.54 Å². The fraction of sp³-hybridized carbons (Fsp3) is 0.826. The molecule has 25 heavy (non-hydrogen) atoms. The second-order valence-electron chi connectivity index (χ2n) is 8.44. The van der Waals surface area contributed by atoms with Crippen molar-refractivity contribution in [2.45, 2.75) is 109 Å². The molecule has 0 aromatic carbocycles. The standard InChI is InChI=1S/C23H42N2/c1-6-9-17-25-19(4)22(18-21-13-11-10-12-14-21)24-20(5)23(25,15-7-2)16-8-3/h21-22,24H,4-18H2,1-3H3. The van der Waals surface area contributed by atoms with Crippen molar-refractivity contribution in [3.63, 3.8) is 0 Å². The lowest BCUT2D eigenvalue weighted by atomic mass is 9.77.